The first-order chi connectivity index (χ1) is 10.6. The zero-order chi connectivity index (χ0) is 16.6. The van der Waals surface area contributed by atoms with Gasteiger partial charge in [-0.25, -0.2) is 0 Å². The fourth-order valence-electron chi connectivity index (χ4n) is 2.08. The molecule has 0 fully saturated rings. The van der Waals surface area contributed by atoms with E-state index in [1.54, 1.807) is 0 Å². The van der Waals surface area contributed by atoms with Crippen LogP contribution in [0, 0.1) is 0 Å². The second-order valence-electron chi connectivity index (χ2n) is 5.47. The number of rotatable bonds is 14. The number of aliphatic hydroxyl groups excluding tert-OH is 1. The molecule has 1 atom stereocenters. The smallest absolute Gasteiger partial charge is 0.303 e. The van der Waals surface area contributed by atoms with Crippen LogP contribution in [0.4, 0.5) is 0 Å². The van der Waals surface area contributed by atoms with Crippen molar-refractivity contribution in [1.82, 2.24) is 0 Å². The molecular weight excluding hydrogens is 280 g/mol. The van der Waals surface area contributed by atoms with Crippen LogP contribution in [0.15, 0.2) is 24.3 Å². The van der Waals surface area contributed by atoms with Crippen molar-refractivity contribution < 1.29 is 19.8 Å². The van der Waals surface area contributed by atoms with Gasteiger partial charge in [-0.15, -0.1) is 0 Å². The number of carbonyl (C=O) groups excluding carboxylic acids is 1. The lowest BCUT2D eigenvalue weighted by atomic mass is 10.0. The molecule has 0 unspecified atom stereocenters. The van der Waals surface area contributed by atoms with Crippen molar-refractivity contribution in [3.05, 3.63) is 24.3 Å². The number of ketones is 1. The van der Waals surface area contributed by atoms with Crippen molar-refractivity contribution in [2.24, 2.45) is 0 Å². The zero-order valence-corrected chi connectivity index (χ0v) is 13.7. The highest BCUT2D eigenvalue weighted by Crippen LogP contribution is 2.10. The number of unbranched alkanes of at least 4 members (excludes halogenated alkanes) is 4. The van der Waals surface area contributed by atoms with Crippen molar-refractivity contribution in [1.29, 1.82) is 0 Å². The van der Waals surface area contributed by atoms with E-state index in [1.165, 1.54) is 0 Å². The summed E-state index contributed by atoms with van der Waals surface area (Å²) in [4.78, 5) is 22.0. The second-order valence-corrected chi connectivity index (χ2v) is 5.47. The van der Waals surface area contributed by atoms with E-state index in [4.69, 9.17) is 5.11 Å². The van der Waals surface area contributed by atoms with E-state index in [9.17, 15) is 14.7 Å². The van der Waals surface area contributed by atoms with Gasteiger partial charge in [-0.1, -0.05) is 56.9 Å². The molecule has 0 aromatic rings. The monoisotopic (exact) mass is 310 g/mol. The second kappa shape index (κ2) is 14.5. The van der Waals surface area contributed by atoms with E-state index >= 15 is 0 Å². The van der Waals surface area contributed by atoms with Gasteiger partial charge in [0.05, 0.1) is 0 Å². The van der Waals surface area contributed by atoms with Gasteiger partial charge >= 0.3 is 5.97 Å². The highest BCUT2D eigenvalue weighted by molar-refractivity contribution is 5.84. The van der Waals surface area contributed by atoms with Crippen LogP contribution in [0.1, 0.15) is 71.1 Å². The third-order valence-corrected chi connectivity index (χ3v) is 3.40. The highest BCUT2D eigenvalue weighted by Gasteiger charge is 2.12. The van der Waals surface area contributed by atoms with E-state index in [1.807, 2.05) is 12.2 Å². The normalized spacial score (nSPS) is 13.0. The Bertz CT molecular complexity index is 358. The maximum Gasteiger partial charge on any atom is 0.303 e. The molecule has 0 bridgehead atoms. The van der Waals surface area contributed by atoms with Crippen LogP contribution in [0.25, 0.3) is 0 Å². The van der Waals surface area contributed by atoms with Crippen molar-refractivity contribution in [3.8, 4) is 0 Å². The Balaban J connectivity index is 3.57. The number of allylic oxidation sites excluding steroid dienone is 4. The van der Waals surface area contributed by atoms with Gasteiger partial charge in [-0.3, -0.25) is 9.59 Å². The van der Waals surface area contributed by atoms with Crippen molar-refractivity contribution >= 4 is 11.8 Å². The molecule has 0 saturated heterocycles. The zero-order valence-electron chi connectivity index (χ0n) is 13.7. The predicted molar refractivity (Wildman–Crippen MR) is 88.8 cm³/mol. The van der Waals surface area contributed by atoms with Gasteiger partial charge < -0.3 is 10.2 Å². The Morgan fingerprint density at radius 3 is 2.27 bits per heavy atom. The van der Waals surface area contributed by atoms with E-state index in [2.05, 4.69) is 19.1 Å². The Labute approximate surface area is 133 Å². The number of Topliss-reactive ketones (excluding diaryl/α,β-unsaturated/α-hetero) is 1. The van der Waals surface area contributed by atoms with E-state index in [0.29, 0.717) is 19.3 Å². The first-order valence-corrected chi connectivity index (χ1v) is 8.30. The molecule has 0 aliphatic rings. The summed E-state index contributed by atoms with van der Waals surface area (Å²) in [7, 11) is 0. The lowest BCUT2D eigenvalue weighted by molar-refractivity contribution is -0.137. The minimum atomic E-state index is -0.866. The molecule has 0 amide bonds. The average Bonchev–Trinajstić information content (AvgIpc) is 2.49. The van der Waals surface area contributed by atoms with Crippen LogP contribution in [0.5, 0.6) is 0 Å². The molecule has 0 heterocycles. The first kappa shape index (κ1) is 20.6. The first-order valence-electron chi connectivity index (χ1n) is 8.30. The summed E-state index contributed by atoms with van der Waals surface area (Å²) in [6.45, 7) is 2.08. The van der Waals surface area contributed by atoms with Crippen LogP contribution in [0.3, 0.4) is 0 Å². The van der Waals surface area contributed by atoms with Crippen LogP contribution in [-0.2, 0) is 9.59 Å². The molecule has 0 aliphatic heterocycles. The maximum absolute atomic E-state index is 11.7. The Hall–Kier alpha value is -1.42. The third kappa shape index (κ3) is 13.6. The summed E-state index contributed by atoms with van der Waals surface area (Å²) >= 11 is 0. The summed E-state index contributed by atoms with van der Waals surface area (Å²) in [6, 6.07) is 0. The fraction of sp³-hybridized carbons (Fsp3) is 0.667. The van der Waals surface area contributed by atoms with Crippen LogP contribution in [-0.4, -0.2) is 28.1 Å². The molecule has 0 aliphatic carbocycles. The van der Waals surface area contributed by atoms with Gasteiger partial charge in [0.1, 0.15) is 6.10 Å². The SMILES string of the molecule is CC/C=C\C/C=C\CC(=O)[C@@H](O)CCCCCCCC(=O)O. The van der Waals surface area contributed by atoms with Gasteiger partial charge in [0.15, 0.2) is 5.78 Å². The highest BCUT2D eigenvalue weighted by atomic mass is 16.4. The van der Waals surface area contributed by atoms with E-state index in [-0.39, 0.29) is 12.2 Å². The van der Waals surface area contributed by atoms with Gasteiger partial charge in [0.25, 0.3) is 0 Å². The molecule has 4 nitrogen and oxygen atoms in total. The van der Waals surface area contributed by atoms with Gasteiger partial charge in [-0.05, 0) is 25.7 Å². The molecule has 0 aromatic carbocycles. The summed E-state index contributed by atoms with van der Waals surface area (Å²) in [6.07, 6.45) is 14.2. The number of aliphatic hydroxyl groups is 1. The Morgan fingerprint density at radius 1 is 0.955 bits per heavy atom. The molecule has 0 radical (unpaired) electrons. The van der Waals surface area contributed by atoms with Gasteiger partial charge in [-0.2, -0.15) is 0 Å². The molecule has 126 valence electrons. The number of hydrogen-bond donors (Lipinski definition) is 2. The standard InChI is InChI=1S/C18H30O4/c1-2-3-4-5-7-10-13-16(19)17(20)14-11-8-6-9-12-15-18(21)22/h3-4,7,10,17,20H,2,5-6,8-9,11-15H2,1H3,(H,21,22)/b4-3-,10-7-/t17-/m0/s1. The lowest BCUT2D eigenvalue weighted by Crippen LogP contribution is -2.19. The molecule has 2 N–H and O–H groups in total. The minimum Gasteiger partial charge on any atom is -0.481 e. The van der Waals surface area contributed by atoms with Crippen molar-refractivity contribution in [2.75, 3.05) is 0 Å². The Morgan fingerprint density at radius 2 is 1.59 bits per heavy atom. The molecule has 0 saturated carbocycles. The van der Waals surface area contributed by atoms with Crippen molar-refractivity contribution in [2.45, 2.75) is 77.2 Å². The van der Waals surface area contributed by atoms with Gasteiger partial charge in [0, 0.05) is 12.8 Å². The van der Waals surface area contributed by atoms with Crippen LogP contribution < -0.4 is 0 Å². The summed E-state index contributed by atoms with van der Waals surface area (Å²) in [5.74, 6) is -0.874. The Kier molecular flexibility index (Phi) is 13.6. The topological polar surface area (TPSA) is 74.6 Å². The maximum atomic E-state index is 11.7. The predicted octanol–water partition coefficient (Wildman–Crippen LogP) is 4.03. The number of carbonyl (C=O) groups is 2. The molecule has 0 aromatic heterocycles. The minimum absolute atomic E-state index is 0.124. The number of carboxylic acids is 1. The van der Waals surface area contributed by atoms with Gasteiger partial charge in [0.2, 0.25) is 0 Å². The van der Waals surface area contributed by atoms with E-state index in [0.717, 1.165) is 38.5 Å². The molecule has 0 rings (SSSR count). The number of aliphatic carboxylic acids is 1. The quantitative estimate of drug-likeness (QED) is 0.375. The largest absolute Gasteiger partial charge is 0.481 e. The summed E-state index contributed by atoms with van der Waals surface area (Å²) in [5, 5.41) is 18.3. The molecular formula is C18H30O4. The summed E-state index contributed by atoms with van der Waals surface area (Å²) < 4.78 is 0. The number of carboxylic acid groups (broad SMARTS) is 1. The fourth-order valence-corrected chi connectivity index (χ4v) is 2.08. The summed E-state index contributed by atoms with van der Waals surface area (Å²) in [5.41, 5.74) is 0. The molecule has 0 spiro atoms. The molecule has 22 heavy (non-hydrogen) atoms. The lowest BCUT2D eigenvalue weighted by Gasteiger charge is -2.07. The van der Waals surface area contributed by atoms with E-state index < -0.39 is 12.1 Å². The van der Waals surface area contributed by atoms with Crippen molar-refractivity contribution in [3.63, 3.8) is 0 Å². The van der Waals surface area contributed by atoms with Crippen LogP contribution in [0.2, 0.25) is 0 Å². The van der Waals surface area contributed by atoms with Crippen LogP contribution >= 0.6 is 0 Å². The number of hydrogen-bond acceptors (Lipinski definition) is 3. The average molecular weight is 310 g/mol. The molecule has 4 heteroatoms. The third-order valence-electron chi connectivity index (χ3n) is 3.40.